The number of ketones is 1. The SMILES string of the molecule is O=C(Cc1nccs1)c1cccc2c1OCCO2. The molecule has 1 aliphatic rings. The number of benzene rings is 1. The van der Waals surface area contributed by atoms with Crippen LogP contribution in [0.1, 0.15) is 15.4 Å². The Hall–Kier alpha value is -1.88. The van der Waals surface area contributed by atoms with Crippen LogP contribution in [0.2, 0.25) is 0 Å². The van der Waals surface area contributed by atoms with Crippen molar-refractivity contribution < 1.29 is 14.3 Å². The molecule has 0 N–H and O–H groups in total. The average molecular weight is 261 g/mol. The number of hydrogen-bond donors (Lipinski definition) is 0. The molecule has 2 heterocycles. The van der Waals surface area contributed by atoms with E-state index in [0.29, 0.717) is 36.7 Å². The Kier molecular flexibility index (Phi) is 2.98. The van der Waals surface area contributed by atoms with Crippen molar-refractivity contribution in [3.05, 3.63) is 40.3 Å². The van der Waals surface area contributed by atoms with Crippen molar-refractivity contribution in [3.63, 3.8) is 0 Å². The molecule has 0 spiro atoms. The highest BCUT2D eigenvalue weighted by atomic mass is 32.1. The zero-order valence-electron chi connectivity index (χ0n) is 9.59. The van der Waals surface area contributed by atoms with Crippen LogP contribution in [0.4, 0.5) is 0 Å². The van der Waals surface area contributed by atoms with E-state index in [-0.39, 0.29) is 5.78 Å². The number of carbonyl (C=O) groups excluding carboxylic acids is 1. The first-order valence-corrected chi connectivity index (χ1v) is 6.53. The van der Waals surface area contributed by atoms with Crippen molar-refractivity contribution in [3.8, 4) is 11.5 Å². The van der Waals surface area contributed by atoms with E-state index in [1.54, 1.807) is 12.3 Å². The van der Waals surface area contributed by atoms with Crippen LogP contribution in [0.3, 0.4) is 0 Å². The van der Waals surface area contributed by atoms with E-state index in [4.69, 9.17) is 9.47 Å². The molecule has 4 nitrogen and oxygen atoms in total. The minimum atomic E-state index is 0.00676. The van der Waals surface area contributed by atoms with Gasteiger partial charge in [-0.05, 0) is 12.1 Å². The third-order valence-electron chi connectivity index (χ3n) is 2.66. The number of para-hydroxylation sites is 1. The summed E-state index contributed by atoms with van der Waals surface area (Å²) < 4.78 is 11.0. The molecule has 0 saturated carbocycles. The summed E-state index contributed by atoms with van der Waals surface area (Å²) in [7, 11) is 0. The van der Waals surface area contributed by atoms with Crippen molar-refractivity contribution in [2.75, 3.05) is 13.2 Å². The lowest BCUT2D eigenvalue weighted by Gasteiger charge is -2.20. The first-order valence-electron chi connectivity index (χ1n) is 5.65. The summed E-state index contributed by atoms with van der Waals surface area (Å²) in [6.45, 7) is 1.01. The normalized spacial score (nSPS) is 13.3. The first kappa shape index (κ1) is 11.2. The fourth-order valence-corrected chi connectivity index (χ4v) is 2.48. The lowest BCUT2D eigenvalue weighted by atomic mass is 10.1. The summed E-state index contributed by atoms with van der Waals surface area (Å²) in [5, 5.41) is 2.68. The zero-order chi connectivity index (χ0) is 12.4. The lowest BCUT2D eigenvalue weighted by Crippen LogP contribution is -2.18. The van der Waals surface area contributed by atoms with Gasteiger partial charge in [0.2, 0.25) is 0 Å². The van der Waals surface area contributed by atoms with Crippen molar-refractivity contribution in [2.24, 2.45) is 0 Å². The van der Waals surface area contributed by atoms with Gasteiger partial charge in [-0.2, -0.15) is 0 Å². The fourth-order valence-electron chi connectivity index (χ4n) is 1.87. The molecule has 0 bridgehead atoms. The maximum atomic E-state index is 12.2. The van der Waals surface area contributed by atoms with E-state index in [0.717, 1.165) is 5.01 Å². The standard InChI is InChI=1S/C13H11NO3S/c15-10(8-12-14-4-7-18-12)9-2-1-3-11-13(9)17-6-5-16-11/h1-4,7H,5-6,8H2. The monoisotopic (exact) mass is 261 g/mol. The number of carbonyl (C=O) groups is 1. The molecule has 0 unspecified atom stereocenters. The highest BCUT2D eigenvalue weighted by molar-refractivity contribution is 7.09. The lowest BCUT2D eigenvalue weighted by molar-refractivity contribution is 0.0981. The van der Waals surface area contributed by atoms with E-state index in [1.807, 2.05) is 17.5 Å². The summed E-state index contributed by atoms with van der Waals surface area (Å²) >= 11 is 1.48. The molecule has 5 heteroatoms. The van der Waals surface area contributed by atoms with Crippen LogP contribution in [0.5, 0.6) is 11.5 Å². The highest BCUT2D eigenvalue weighted by Crippen LogP contribution is 2.34. The second-order valence-corrected chi connectivity index (χ2v) is 4.83. The molecule has 0 saturated heterocycles. The number of nitrogens with zero attached hydrogens (tertiary/aromatic N) is 1. The van der Waals surface area contributed by atoms with Gasteiger partial charge in [-0.3, -0.25) is 4.79 Å². The molecular weight excluding hydrogens is 250 g/mol. The second kappa shape index (κ2) is 4.78. The predicted molar refractivity (Wildman–Crippen MR) is 67.6 cm³/mol. The summed E-state index contributed by atoms with van der Waals surface area (Å²) in [5.41, 5.74) is 0.572. The third kappa shape index (κ3) is 2.09. The molecule has 0 fully saturated rings. The van der Waals surface area contributed by atoms with Crippen LogP contribution in [0.15, 0.2) is 29.8 Å². The van der Waals surface area contributed by atoms with E-state index >= 15 is 0 Å². The molecule has 1 aromatic heterocycles. The van der Waals surface area contributed by atoms with Crippen LogP contribution in [0, 0.1) is 0 Å². The number of Topliss-reactive ketones (excluding diaryl/α,β-unsaturated/α-hetero) is 1. The van der Waals surface area contributed by atoms with Crippen LogP contribution in [-0.4, -0.2) is 24.0 Å². The summed E-state index contributed by atoms with van der Waals surface area (Å²) in [4.78, 5) is 16.3. The van der Waals surface area contributed by atoms with E-state index in [1.165, 1.54) is 11.3 Å². The van der Waals surface area contributed by atoms with Crippen LogP contribution < -0.4 is 9.47 Å². The molecule has 18 heavy (non-hydrogen) atoms. The summed E-state index contributed by atoms with van der Waals surface area (Å²) in [6, 6.07) is 5.39. The van der Waals surface area contributed by atoms with Crippen molar-refractivity contribution >= 4 is 17.1 Å². The second-order valence-electron chi connectivity index (χ2n) is 3.86. The summed E-state index contributed by atoms with van der Waals surface area (Å²) in [5.74, 6) is 1.21. The van der Waals surface area contributed by atoms with Crippen molar-refractivity contribution in [2.45, 2.75) is 6.42 Å². The molecule has 0 radical (unpaired) electrons. The van der Waals surface area contributed by atoms with Gasteiger partial charge in [-0.15, -0.1) is 11.3 Å². The van der Waals surface area contributed by atoms with Gasteiger partial charge in [0.15, 0.2) is 17.3 Å². The maximum absolute atomic E-state index is 12.2. The molecule has 2 aromatic rings. The number of hydrogen-bond acceptors (Lipinski definition) is 5. The largest absolute Gasteiger partial charge is 0.486 e. The molecule has 3 rings (SSSR count). The Morgan fingerprint density at radius 3 is 3.06 bits per heavy atom. The number of fused-ring (bicyclic) bond motifs is 1. The van der Waals surface area contributed by atoms with Gasteiger partial charge in [0.05, 0.1) is 12.0 Å². The van der Waals surface area contributed by atoms with Gasteiger partial charge >= 0.3 is 0 Å². The Bertz CT molecular complexity index is 566. The van der Waals surface area contributed by atoms with E-state index in [2.05, 4.69) is 4.98 Å². The Morgan fingerprint density at radius 2 is 2.22 bits per heavy atom. The average Bonchev–Trinajstić information content (AvgIpc) is 2.91. The molecule has 1 aromatic carbocycles. The van der Waals surface area contributed by atoms with Crippen molar-refractivity contribution in [1.29, 1.82) is 0 Å². The molecule has 1 aliphatic heterocycles. The van der Waals surface area contributed by atoms with Gasteiger partial charge in [0.1, 0.15) is 18.2 Å². The van der Waals surface area contributed by atoms with Crippen LogP contribution in [-0.2, 0) is 6.42 Å². The molecule has 0 atom stereocenters. The number of aromatic nitrogens is 1. The summed E-state index contributed by atoms with van der Waals surface area (Å²) in [6.07, 6.45) is 2.00. The van der Waals surface area contributed by atoms with Gasteiger partial charge in [0, 0.05) is 11.6 Å². The third-order valence-corrected chi connectivity index (χ3v) is 3.44. The molecule has 0 aliphatic carbocycles. The number of rotatable bonds is 3. The van der Waals surface area contributed by atoms with Gasteiger partial charge < -0.3 is 9.47 Å². The zero-order valence-corrected chi connectivity index (χ0v) is 10.4. The molecule has 0 amide bonds. The number of ether oxygens (including phenoxy) is 2. The van der Waals surface area contributed by atoms with E-state index < -0.39 is 0 Å². The van der Waals surface area contributed by atoms with Crippen LogP contribution >= 0.6 is 11.3 Å². The fraction of sp³-hybridized carbons (Fsp3) is 0.231. The maximum Gasteiger partial charge on any atom is 0.173 e. The van der Waals surface area contributed by atoms with Crippen molar-refractivity contribution in [1.82, 2.24) is 4.98 Å². The highest BCUT2D eigenvalue weighted by Gasteiger charge is 2.20. The minimum Gasteiger partial charge on any atom is -0.486 e. The quantitative estimate of drug-likeness (QED) is 0.796. The Morgan fingerprint density at radius 1 is 1.33 bits per heavy atom. The molecular formula is C13H11NO3S. The molecule has 92 valence electrons. The van der Waals surface area contributed by atoms with Gasteiger partial charge in [-0.25, -0.2) is 4.98 Å². The van der Waals surface area contributed by atoms with E-state index in [9.17, 15) is 4.79 Å². The smallest absolute Gasteiger partial charge is 0.173 e. The minimum absolute atomic E-state index is 0.00676. The first-order chi connectivity index (χ1) is 8.84. The van der Waals surface area contributed by atoms with Gasteiger partial charge in [-0.1, -0.05) is 6.07 Å². The Balaban J connectivity index is 1.89. The predicted octanol–water partition coefficient (Wildman–Crippen LogP) is 2.34. The van der Waals surface area contributed by atoms with Crippen LogP contribution in [0.25, 0.3) is 0 Å². The Labute approximate surface area is 108 Å². The van der Waals surface area contributed by atoms with Gasteiger partial charge in [0.25, 0.3) is 0 Å². The topological polar surface area (TPSA) is 48.4 Å². The number of thiazole rings is 1.